The van der Waals surface area contributed by atoms with Crippen molar-refractivity contribution >= 4 is 17.5 Å². The second kappa shape index (κ2) is 9.56. The minimum atomic E-state index is -0.470. The second-order valence-corrected chi connectivity index (χ2v) is 7.15. The average molecular weight is 396 g/mol. The molecule has 1 aliphatic heterocycles. The summed E-state index contributed by atoms with van der Waals surface area (Å²) in [6, 6.07) is 15.5. The highest BCUT2D eigenvalue weighted by Crippen LogP contribution is 2.32. The maximum absolute atomic E-state index is 13.0. The van der Waals surface area contributed by atoms with Crippen LogP contribution < -0.4 is 15.4 Å². The van der Waals surface area contributed by atoms with Crippen LogP contribution in [0.15, 0.2) is 48.5 Å². The van der Waals surface area contributed by atoms with Crippen molar-refractivity contribution in [3.05, 3.63) is 59.7 Å². The van der Waals surface area contributed by atoms with Crippen LogP contribution in [0.25, 0.3) is 0 Å². The van der Waals surface area contributed by atoms with Crippen LogP contribution in [0.3, 0.4) is 0 Å². The predicted molar refractivity (Wildman–Crippen MR) is 114 cm³/mol. The van der Waals surface area contributed by atoms with E-state index in [9.17, 15) is 9.59 Å². The lowest BCUT2D eigenvalue weighted by atomic mass is 9.89. The number of benzene rings is 2. The third-order valence-electron chi connectivity index (χ3n) is 5.52. The number of amides is 2. The zero-order chi connectivity index (χ0) is 20.8. The number of likely N-dealkylation sites (N-methyl/N-ethyl adjacent to an activating group) is 1. The zero-order valence-corrected chi connectivity index (χ0v) is 17.3. The fourth-order valence-electron chi connectivity index (χ4n) is 3.94. The molecule has 2 aromatic rings. The molecule has 3 rings (SSSR count). The number of para-hydroxylation sites is 1. The number of anilines is 1. The molecule has 6 heteroatoms. The number of methoxy groups -OCH3 is 1. The lowest BCUT2D eigenvalue weighted by molar-refractivity contribution is -0.126. The molecule has 0 saturated heterocycles. The van der Waals surface area contributed by atoms with E-state index in [0.29, 0.717) is 6.54 Å². The number of rotatable bonds is 8. The van der Waals surface area contributed by atoms with E-state index >= 15 is 0 Å². The SMILES string of the molecule is CCN(CC)C(CNC(=O)C1CC(=O)Nc2ccccc21)c1cccc(OC)c1. The Labute approximate surface area is 172 Å². The number of nitrogens with zero attached hydrogens (tertiary/aromatic N) is 1. The molecule has 2 amide bonds. The Morgan fingerprint density at radius 3 is 2.69 bits per heavy atom. The highest BCUT2D eigenvalue weighted by atomic mass is 16.5. The van der Waals surface area contributed by atoms with E-state index < -0.39 is 5.92 Å². The van der Waals surface area contributed by atoms with Gasteiger partial charge in [0.05, 0.1) is 19.1 Å². The Morgan fingerprint density at radius 1 is 1.21 bits per heavy atom. The first-order chi connectivity index (χ1) is 14.1. The normalized spacial score (nSPS) is 16.7. The second-order valence-electron chi connectivity index (χ2n) is 7.15. The number of carbonyl (C=O) groups is 2. The summed E-state index contributed by atoms with van der Waals surface area (Å²) in [5.74, 6) is 0.0794. The van der Waals surface area contributed by atoms with Gasteiger partial charge in [-0.15, -0.1) is 0 Å². The minimum absolute atomic E-state index is 0.0247. The summed E-state index contributed by atoms with van der Waals surface area (Å²) in [6.07, 6.45) is 0.165. The van der Waals surface area contributed by atoms with Crippen LogP contribution in [0, 0.1) is 0 Å². The van der Waals surface area contributed by atoms with Crippen LogP contribution in [0.2, 0.25) is 0 Å². The Kier molecular flexibility index (Phi) is 6.88. The van der Waals surface area contributed by atoms with Gasteiger partial charge in [0.15, 0.2) is 0 Å². The predicted octanol–water partition coefficient (Wildman–Crippen LogP) is 3.32. The molecule has 1 heterocycles. The van der Waals surface area contributed by atoms with Gasteiger partial charge in [0.1, 0.15) is 5.75 Å². The molecule has 2 aromatic carbocycles. The van der Waals surface area contributed by atoms with E-state index in [0.717, 1.165) is 35.7 Å². The van der Waals surface area contributed by atoms with Gasteiger partial charge in [0.2, 0.25) is 11.8 Å². The molecule has 1 aliphatic rings. The van der Waals surface area contributed by atoms with E-state index in [1.807, 2.05) is 42.5 Å². The van der Waals surface area contributed by atoms with Gasteiger partial charge >= 0.3 is 0 Å². The van der Waals surface area contributed by atoms with Crippen molar-refractivity contribution in [1.82, 2.24) is 10.2 Å². The summed E-state index contributed by atoms with van der Waals surface area (Å²) >= 11 is 0. The standard InChI is InChI=1S/C23H29N3O3/c1-4-26(5-2)21(16-9-8-10-17(13-16)29-3)15-24-23(28)19-14-22(27)25-20-12-7-6-11-18(19)20/h6-13,19,21H,4-5,14-15H2,1-3H3,(H,24,28)(H,25,27). The van der Waals surface area contributed by atoms with Gasteiger partial charge in [-0.25, -0.2) is 0 Å². The summed E-state index contributed by atoms with van der Waals surface area (Å²) in [4.78, 5) is 27.4. The van der Waals surface area contributed by atoms with Gasteiger partial charge in [0, 0.05) is 18.7 Å². The Hall–Kier alpha value is -2.86. The van der Waals surface area contributed by atoms with Crippen LogP contribution in [-0.2, 0) is 9.59 Å². The van der Waals surface area contributed by atoms with E-state index in [2.05, 4.69) is 35.4 Å². The van der Waals surface area contributed by atoms with Crippen LogP contribution >= 0.6 is 0 Å². The summed E-state index contributed by atoms with van der Waals surface area (Å²) in [5.41, 5.74) is 2.68. The smallest absolute Gasteiger partial charge is 0.228 e. The van der Waals surface area contributed by atoms with Crippen LogP contribution in [-0.4, -0.2) is 43.5 Å². The number of hydrogen-bond donors (Lipinski definition) is 2. The lowest BCUT2D eigenvalue weighted by Crippen LogP contribution is -2.41. The van der Waals surface area contributed by atoms with Crippen LogP contribution in [0.5, 0.6) is 5.75 Å². The van der Waals surface area contributed by atoms with Crippen molar-refractivity contribution in [2.24, 2.45) is 0 Å². The van der Waals surface area contributed by atoms with Crippen molar-refractivity contribution in [1.29, 1.82) is 0 Å². The molecule has 29 heavy (non-hydrogen) atoms. The van der Waals surface area contributed by atoms with Gasteiger partial charge in [-0.2, -0.15) is 0 Å². The Morgan fingerprint density at radius 2 is 1.97 bits per heavy atom. The maximum Gasteiger partial charge on any atom is 0.228 e. The van der Waals surface area contributed by atoms with Gasteiger partial charge in [-0.1, -0.05) is 44.2 Å². The molecule has 0 fully saturated rings. The summed E-state index contributed by atoms with van der Waals surface area (Å²) < 4.78 is 5.37. The fraction of sp³-hybridized carbons (Fsp3) is 0.391. The first kappa shape index (κ1) is 20.9. The molecule has 0 aliphatic carbocycles. The minimum Gasteiger partial charge on any atom is -0.497 e. The Bertz CT molecular complexity index is 864. The van der Waals surface area contributed by atoms with Crippen molar-refractivity contribution < 1.29 is 14.3 Å². The van der Waals surface area contributed by atoms with Gasteiger partial charge in [-0.05, 0) is 42.4 Å². The maximum atomic E-state index is 13.0. The zero-order valence-electron chi connectivity index (χ0n) is 17.3. The highest BCUT2D eigenvalue weighted by Gasteiger charge is 2.31. The van der Waals surface area contributed by atoms with Gasteiger partial charge in [-0.3, -0.25) is 14.5 Å². The number of nitrogens with one attached hydrogen (secondary N) is 2. The first-order valence-corrected chi connectivity index (χ1v) is 10.1. The summed E-state index contributed by atoms with van der Waals surface area (Å²) in [5, 5.41) is 5.94. The van der Waals surface area contributed by atoms with Crippen LogP contribution in [0.1, 0.15) is 43.4 Å². The topological polar surface area (TPSA) is 70.7 Å². The molecular weight excluding hydrogens is 366 g/mol. The fourth-order valence-corrected chi connectivity index (χ4v) is 3.94. The van der Waals surface area contributed by atoms with Crippen molar-refractivity contribution in [3.8, 4) is 5.75 Å². The quantitative estimate of drug-likeness (QED) is 0.719. The molecule has 2 N–H and O–H groups in total. The number of ether oxygens (including phenoxy) is 1. The molecule has 6 nitrogen and oxygen atoms in total. The van der Waals surface area contributed by atoms with E-state index in [-0.39, 0.29) is 24.3 Å². The van der Waals surface area contributed by atoms with Crippen LogP contribution in [0.4, 0.5) is 5.69 Å². The number of carbonyl (C=O) groups excluding carboxylic acids is 2. The lowest BCUT2D eigenvalue weighted by Gasteiger charge is -2.31. The highest BCUT2D eigenvalue weighted by molar-refractivity contribution is 6.01. The average Bonchev–Trinajstić information content (AvgIpc) is 2.75. The molecule has 0 radical (unpaired) electrons. The molecule has 0 aromatic heterocycles. The molecule has 154 valence electrons. The van der Waals surface area contributed by atoms with E-state index in [1.165, 1.54) is 0 Å². The van der Waals surface area contributed by atoms with E-state index in [4.69, 9.17) is 4.74 Å². The first-order valence-electron chi connectivity index (χ1n) is 10.1. The number of fused-ring (bicyclic) bond motifs is 1. The van der Waals surface area contributed by atoms with Crippen molar-refractivity contribution in [2.45, 2.75) is 32.2 Å². The third kappa shape index (κ3) is 4.77. The van der Waals surface area contributed by atoms with Crippen molar-refractivity contribution in [3.63, 3.8) is 0 Å². The summed E-state index contributed by atoms with van der Waals surface area (Å²) in [7, 11) is 1.65. The molecule has 0 bridgehead atoms. The number of hydrogen-bond acceptors (Lipinski definition) is 4. The molecule has 0 saturated carbocycles. The molecule has 2 atom stereocenters. The largest absolute Gasteiger partial charge is 0.497 e. The molecule has 2 unspecified atom stereocenters. The molecular formula is C23H29N3O3. The van der Waals surface area contributed by atoms with E-state index in [1.54, 1.807) is 7.11 Å². The summed E-state index contributed by atoms with van der Waals surface area (Å²) in [6.45, 7) is 6.42. The third-order valence-corrected chi connectivity index (χ3v) is 5.52. The van der Waals surface area contributed by atoms with Gasteiger partial charge in [0.25, 0.3) is 0 Å². The van der Waals surface area contributed by atoms with Crippen molar-refractivity contribution in [2.75, 3.05) is 32.1 Å². The van der Waals surface area contributed by atoms with Gasteiger partial charge < -0.3 is 15.4 Å². The Balaban J connectivity index is 1.79. The molecule has 0 spiro atoms. The monoisotopic (exact) mass is 395 g/mol.